The van der Waals surface area contributed by atoms with E-state index in [1.165, 1.54) is 12.1 Å². The number of anilines is 2. The van der Waals surface area contributed by atoms with Gasteiger partial charge in [0.15, 0.2) is 0 Å². The summed E-state index contributed by atoms with van der Waals surface area (Å²) in [7, 11) is 3.73. The van der Waals surface area contributed by atoms with Gasteiger partial charge in [-0.05, 0) is 44.9 Å². The van der Waals surface area contributed by atoms with Crippen LogP contribution < -0.4 is 14.5 Å². The molecule has 1 aromatic carbocycles. The van der Waals surface area contributed by atoms with Crippen molar-refractivity contribution in [3.8, 4) is 6.01 Å². The highest BCUT2D eigenvalue weighted by Gasteiger charge is 2.39. The fourth-order valence-corrected chi connectivity index (χ4v) is 6.35. The van der Waals surface area contributed by atoms with Gasteiger partial charge in [0.1, 0.15) is 12.4 Å². The molecule has 3 aliphatic rings. The largest absolute Gasteiger partial charge is 0.462 e. The van der Waals surface area contributed by atoms with Gasteiger partial charge in [0, 0.05) is 50.8 Å². The van der Waals surface area contributed by atoms with E-state index in [1.54, 1.807) is 18.1 Å². The molecule has 0 unspecified atom stereocenters. The third-order valence-electron chi connectivity index (χ3n) is 8.19. The van der Waals surface area contributed by atoms with Crippen molar-refractivity contribution in [2.45, 2.75) is 50.6 Å². The number of likely N-dealkylation sites (tertiary alicyclic amines) is 1. The van der Waals surface area contributed by atoms with Crippen LogP contribution in [-0.4, -0.2) is 80.5 Å². The van der Waals surface area contributed by atoms with Crippen LogP contribution in [-0.2, 0) is 23.9 Å². The Hall–Kier alpha value is -2.81. The van der Waals surface area contributed by atoms with Crippen molar-refractivity contribution in [3.05, 3.63) is 51.5 Å². The van der Waals surface area contributed by atoms with E-state index in [9.17, 15) is 13.2 Å². The molecule has 2 saturated heterocycles. The molecule has 0 spiro atoms. The Bertz CT molecular complexity index is 1260. The van der Waals surface area contributed by atoms with Crippen LogP contribution in [0.4, 0.5) is 24.7 Å². The zero-order valence-electron chi connectivity index (χ0n) is 22.8. The maximum absolute atomic E-state index is 14.0. The van der Waals surface area contributed by atoms with Gasteiger partial charge in [-0.25, -0.2) is 6.57 Å². The van der Waals surface area contributed by atoms with Crippen LogP contribution in [0.25, 0.3) is 4.85 Å². The number of hydrogen-bond donors (Lipinski definition) is 0. The van der Waals surface area contributed by atoms with E-state index < -0.39 is 11.7 Å². The van der Waals surface area contributed by atoms with Crippen LogP contribution >= 0.6 is 11.6 Å². The molecule has 0 radical (unpaired) electrons. The van der Waals surface area contributed by atoms with E-state index in [1.807, 2.05) is 7.05 Å². The summed E-state index contributed by atoms with van der Waals surface area (Å²) in [5.74, 6) is 1.02. The van der Waals surface area contributed by atoms with Crippen molar-refractivity contribution in [2.24, 2.45) is 5.92 Å². The molecule has 3 atom stereocenters. The lowest BCUT2D eigenvalue weighted by Gasteiger charge is -2.37. The molecule has 0 amide bonds. The average molecular weight is 579 g/mol. The number of likely N-dealkylation sites (N-methyl/N-ethyl adjacent to an activating group) is 1. The minimum absolute atomic E-state index is 0.0431. The molecule has 3 aliphatic heterocycles. The third kappa shape index (κ3) is 6.09. The number of nitrogens with zero attached hydrogens (tertiary/aromatic N) is 6. The van der Waals surface area contributed by atoms with Gasteiger partial charge in [-0.15, -0.1) is 0 Å². The van der Waals surface area contributed by atoms with Gasteiger partial charge in [-0.1, -0.05) is 17.7 Å². The van der Waals surface area contributed by atoms with E-state index in [0.717, 1.165) is 43.7 Å². The second-order valence-corrected chi connectivity index (χ2v) is 11.3. The fraction of sp³-hybridized carbons (Fsp3) is 0.607. The summed E-state index contributed by atoms with van der Waals surface area (Å²) in [6, 6.07) is 4.63. The zero-order valence-corrected chi connectivity index (χ0v) is 23.5. The molecule has 2 fully saturated rings. The Morgan fingerprint density at radius 2 is 2.00 bits per heavy atom. The van der Waals surface area contributed by atoms with Crippen LogP contribution in [0.1, 0.15) is 36.1 Å². The van der Waals surface area contributed by atoms with Crippen LogP contribution in [0.5, 0.6) is 6.01 Å². The molecule has 40 heavy (non-hydrogen) atoms. The summed E-state index contributed by atoms with van der Waals surface area (Å²) >= 11 is 6.03. The van der Waals surface area contributed by atoms with Gasteiger partial charge < -0.3 is 24.1 Å². The molecule has 4 heterocycles. The number of piperidine rings is 1. The van der Waals surface area contributed by atoms with Crippen LogP contribution in [0.2, 0.25) is 5.02 Å². The molecule has 12 heteroatoms. The molecule has 2 aromatic rings. The van der Waals surface area contributed by atoms with E-state index in [4.69, 9.17) is 37.6 Å². The molecule has 216 valence electrons. The fourth-order valence-electron chi connectivity index (χ4n) is 6.08. The maximum Gasteiger partial charge on any atom is 0.419 e. The second-order valence-electron chi connectivity index (χ2n) is 10.9. The number of methoxy groups -OCH3 is 1. The topological polar surface area (TPSA) is 58.3 Å². The Morgan fingerprint density at radius 3 is 2.73 bits per heavy atom. The smallest absolute Gasteiger partial charge is 0.419 e. The molecule has 1 aromatic heterocycles. The lowest BCUT2D eigenvalue weighted by atomic mass is 9.96. The lowest BCUT2D eigenvalue weighted by molar-refractivity contribution is -0.137. The van der Waals surface area contributed by atoms with Gasteiger partial charge in [-0.2, -0.15) is 23.1 Å². The molecule has 0 saturated carbocycles. The monoisotopic (exact) mass is 578 g/mol. The average Bonchev–Trinajstić information content (AvgIpc) is 3.30. The molecule has 0 aliphatic carbocycles. The predicted molar refractivity (Wildman–Crippen MR) is 147 cm³/mol. The van der Waals surface area contributed by atoms with Crippen LogP contribution in [0, 0.1) is 12.5 Å². The normalized spacial score (nSPS) is 23.7. The maximum atomic E-state index is 14.0. The number of halogens is 4. The summed E-state index contributed by atoms with van der Waals surface area (Å²) in [5.41, 5.74) is 0.795. The highest BCUT2D eigenvalue weighted by molar-refractivity contribution is 6.31. The number of aromatic nitrogens is 2. The van der Waals surface area contributed by atoms with Crippen molar-refractivity contribution in [1.82, 2.24) is 14.9 Å². The number of fused-ring (bicyclic) bond motifs is 1. The molecular formula is C28H34ClF3N6O2. The minimum atomic E-state index is -4.59. The van der Waals surface area contributed by atoms with Crippen molar-refractivity contribution in [2.75, 3.05) is 63.3 Å². The quantitative estimate of drug-likeness (QED) is 0.431. The summed E-state index contributed by atoms with van der Waals surface area (Å²) in [6.45, 7) is 11.0. The summed E-state index contributed by atoms with van der Waals surface area (Å²) in [4.78, 5) is 19.2. The highest BCUT2D eigenvalue weighted by Crippen LogP contribution is 2.43. The lowest BCUT2D eigenvalue weighted by Crippen LogP contribution is -2.40. The van der Waals surface area contributed by atoms with E-state index >= 15 is 0 Å². The van der Waals surface area contributed by atoms with Crippen molar-refractivity contribution in [1.29, 1.82) is 0 Å². The predicted octanol–water partition coefficient (Wildman–Crippen LogP) is 4.95. The van der Waals surface area contributed by atoms with Gasteiger partial charge >= 0.3 is 12.2 Å². The number of hydrogen-bond acceptors (Lipinski definition) is 7. The first-order chi connectivity index (χ1) is 19.2. The molecule has 0 N–H and O–H groups in total. The Morgan fingerprint density at radius 1 is 1.18 bits per heavy atom. The Labute approximate surface area is 237 Å². The number of rotatable bonds is 7. The van der Waals surface area contributed by atoms with E-state index in [0.29, 0.717) is 38.4 Å². The van der Waals surface area contributed by atoms with Gasteiger partial charge in [0.05, 0.1) is 34.6 Å². The molecular weight excluding hydrogens is 545 g/mol. The van der Waals surface area contributed by atoms with Crippen molar-refractivity contribution < 1.29 is 22.6 Å². The third-order valence-corrected chi connectivity index (χ3v) is 8.51. The van der Waals surface area contributed by atoms with Gasteiger partial charge in [-0.3, -0.25) is 4.90 Å². The number of benzene rings is 1. The first-order valence-electron chi connectivity index (χ1n) is 13.6. The van der Waals surface area contributed by atoms with Crippen LogP contribution in [0.15, 0.2) is 18.2 Å². The van der Waals surface area contributed by atoms with Gasteiger partial charge in [0.25, 0.3) is 0 Å². The van der Waals surface area contributed by atoms with Crippen LogP contribution in [0.3, 0.4) is 0 Å². The first-order valence-corrected chi connectivity index (χ1v) is 14.0. The Kier molecular flexibility index (Phi) is 8.59. The van der Waals surface area contributed by atoms with Crippen molar-refractivity contribution >= 4 is 23.1 Å². The zero-order chi connectivity index (χ0) is 28.4. The van der Waals surface area contributed by atoms with Crippen molar-refractivity contribution in [3.63, 3.8) is 0 Å². The SMILES string of the molecule is [C-]#[N+]C[C@@H]1CCCN(c2nc(OC[C@@H]3C[C@@H](OC)CN3C)nc3c2CCN(c2cccc(Cl)c2C(F)(F)F)C3)C1. The standard InChI is InChI=1S/C28H34ClF3N6O2/c1-33-13-18-6-5-10-38(14-18)26-21-9-11-37(24-8-4-7-22(29)25(24)28(30,31)32)16-23(21)34-27(35-26)40-17-19-12-20(39-3)15-36(19)2/h4,7-8,18-20H,5-6,9-17H2,2-3H3/t18-,19-,20+/m0/s1. The van der Waals surface area contributed by atoms with E-state index in [-0.39, 0.29) is 41.3 Å². The number of alkyl halides is 3. The summed E-state index contributed by atoms with van der Waals surface area (Å²) in [6.07, 6.45) is -1.19. The highest BCUT2D eigenvalue weighted by atomic mass is 35.5. The second kappa shape index (κ2) is 12.0. The molecule has 8 nitrogen and oxygen atoms in total. The summed E-state index contributed by atoms with van der Waals surface area (Å²) < 4.78 is 53.6. The minimum Gasteiger partial charge on any atom is -0.462 e. The first kappa shape index (κ1) is 28.7. The molecule has 0 bridgehead atoms. The Balaban J connectivity index is 1.46. The summed E-state index contributed by atoms with van der Waals surface area (Å²) in [5, 5.41) is -0.322. The van der Waals surface area contributed by atoms with E-state index in [2.05, 4.69) is 14.6 Å². The molecule has 5 rings (SSSR count). The number of ether oxygens (including phenoxy) is 2. The van der Waals surface area contributed by atoms with Gasteiger partial charge in [0.2, 0.25) is 6.54 Å².